The highest BCUT2D eigenvalue weighted by Gasteiger charge is 2.14. The van der Waals surface area contributed by atoms with Crippen molar-refractivity contribution in [3.8, 4) is 5.75 Å². The van der Waals surface area contributed by atoms with Crippen molar-refractivity contribution >= 4 is 17.5 Å². The summed E-state index contributed by atoms with van der Waals surface area (Å²) in [6.07, 6.45) is 0.849. The van der Waals surface area contributed by atoms with E-state index in [-0.39, 0.29) is 24.5 Å². The summed E-state index contributed by atoms with van der Waals surface area (Å²) in [5.74, 6) is -0.105. The fourth-order valence-corrected chi connectivity index (χ4v) is 2.06. The number of carbonyl (C=O) groups excluding carboxylic acids is 2. The molecule has 0 aliphatic heterocycles. The maximum atomic E-state index is 12.4. The van der Waals surface area contributed by atoms with Crippen LogP contribution in [0.25, 0.3) is 0 Å². The molecule has 2 N–H and O–H groups in total. The minimum atomic E-state index is -0.279. The van der Waals surface area contributed by atoms with Crippen LogP contribution in [0.4, 0.5) is 5.69 Å². The molecule has 1 atom stereocenters. The third-order valence-corrected chi connectivity index (χ3v) is 3.54. The Kier molecular flexibility index (Phi) is 6.37. The van der Waals surface area contributed by atoms with Gasteiger partial charge >= 0.3 is 0 Å². The summed E-state index contributed by atoms with van der Waals surface area (Å²) in [6.45, 7) is 3.80. The number of hydrogen-bond acceptors (Lipinski definition) is 3. The summed E-state index contributed by atoms with van der Waals surface area (Å²) in [5.41, 5.74) is 1.09. The molecule has 1 unspecified atom stereocenters. The quantitative estimate of drug-likeness (QED) is 0.821. The van der Waals surface area contributed by atoms with E-state index in [1.807, 2.05) is 32.0 Å². The highest BCUT2D eigenvalue weighted by Crippen LogP contribution is 2.19. The molecular formula is C19H22N2O3. The first-order valence-corrected chi connectivity index (χ1v) is 7.97. The molecule has 0 bridgehead atoms. The van der Waals surface area contributed by atoms with Crippen LogP contribution in [-0.4, -0.2) is 24.5 Å². The summed E-state index contributed by atoms with van der Waals surface area (Å²) < 4.78 is 5.53. The molecule has 0 radical (unpaired) electrons. The van der Waals surface area contributed by atoms with Gasteiger partial charge in [0.05, 0.1) is 5.56 Å². The van der Waals surface area contributed by atoms with Gasteiger partial charge in [0.15, 0.2) is 6.61 Å². The molecule has 2 aromatic carbocycles. The molecule has 126 valence electrons. The van der Waals surface area contributed by atoms with Crippen LogP contribution in [0, 0.1) is 0 Å². The molecule has 0 saturated carbocycles. The average molecular weight is 326 g/mol. The van der Waals surface area contributed by atoms with E-state index in [9.17, 15) is 9.59 Å². The first kappa shape index (κ1) is 17.5. The van der Waals surface area contributed by atoms with Crippen molar-refractivity contribution < 1.29 is 14.3 Å². The zero-order chi connectivity index (χ0) is 17.4. The Bertz CT molecular complexity index is 686. The number of anilines is 1. The van der Waals surface area contributed by atoms with Gasteiger partial charge in [0.25, 0.3) is 11.8 Å². The fraction of sp³-hybridized carbons (Fsp3) is 0.263. The summed E-state index contributed by atoms with van der Waals surface area (Å²) in [6, 6.07) is 16.1. The molecule has 24 heavy (non-hydrogen) atoms. The molecule has 0 aliphatic carbocycles. The van der Waals surface area contributed by atoms with Gasteiger partial charge in [-0.1, -0.05) is 37.3 Å². The molecule has 2 rings (SSSR count). The van der Waals surface area contributed by atoms with Crippen molar-refractivity contribution in [3.05, 3.63) is 60.2 Å². The second-order valence-corrected chi connectivity index (χ2v) is 5.48. The van der Waals surface area contributed by atoms with Crippen molar-refractivity contribution in [2.24, 2.45) is 0 Å². The van der Waals surface area contributed by atoms with E-state index in [0.717, 1.165) is 6.42 Å². The van der Waals surface area contributed by atoms with Gasteiger partial charge in [-0.05, 0) is 37.6 Å². The number of para-hydroxylation sites is 2. The van der Waals surface area contributed by atoms with Crippen LogP contribution in [0.15, 0.2) is 54.6 Å². The van der Waals surface area contributed by atoms with Crippen LogP contribution in [0.3, 0.4) is 0 Å². The third-order valence-electron chi connectivity index (χ3n) is 3.54. The lowest BCUT2D eigenvalue weighted by Crippen LogP contribution is -2.35. The summed E-state index contributed by atoms with van der Waals surface area (Å²) in [4.78, 5) is 24.2. The van der Waals surface area contributed by atoms with E-state index >= 15 is 0 Å². The smallest absolute Gasteiger partial charge is 0.259 e. The molecule has 0 aliphatic rings. The van der Waals surface area contributed by atoms with Crippen molar-refractivity contribution in [1.29, 1.82) is 0 Å². The Morgan fingerprint density at radius 1 is 1.04 bits per heavy atom. The second-order valence-electron chi connectivity index (χ2n) is 5.48. The number of hydrogen-bond donors (Lipinski definition) is 2. The van der Waals surface area contributed by atoms with Gasteiger partial charge in [0.1, 0.15) is 5.75 Å². The first-order chi connectivity index (χ1) is 11.6. The van der Waals surface area contributed by atoms with Crippen molar-refractivity contribution in [2.45, 2.75) is 26.3 Å². The van der Waals surface area contributed by atoms with Crippen LogP contribution in [0.2, 0.25) is 0 Å². The molecular weight excluding hydrogens is 304 g/mol. The van der Waals surface area contributed by atoms with Gasteiger partial charge in [0, 0.05) is 11.7 Å². The molecule has 2 aromatic rings. The Balaban J connectivity index is 2.02. The number of nitrogens with one attached hydrogen (secondary N) is 2. The monoisotopic (exact) mass is 326 g/mol. The van der Waals surface area contributed by atoms with E-state index in [4.69, 9.17) is 4.74 Å². The third kappa shape index (κ3) is 5.12. The molecule has 2 amide bonds. The molecule has 0 aromatic heterocycles. The zero-order valence-electron chi connectivity index (χ0n) is 13.9. The fourth-order valence-electron chi connectivity index (χ4n) is 2.06. The maximum Gasteiger partial charge on any atom is 0.259 e. The lowest BCUT2D eigenvalue weighted by molar-refractivity contribution is -0.123. The second kappa shape index (κ2) is 8.72. The highest BCUT2D eigenvalue weighted by atomic mass is 16.5. The molecule has 0 saturated heterocycles. The summed E-state index contributed by atoms with van der Waals surface area (Å²) >= 11 is 0. The van der Waals surface area contributed by atoms with Crippen LogP contribution >= 0.6 is 0 Å². The molecule has 0 spiro atoms. The predicted octanol–water partition coefficient (Wildman–Crippen LogP) is 3.23. The standard InChI is InChI=1S/C19H22N2O3/c1-3-14(2)20-18(22)13-24-17-12-8-7-11-16(17)19(23)21-15-9-5-4-6-10-15/h4-12,14H,3,13H2,1-2H3,(H,20,22)(H,21,23). The summed E-state index contributed by atoms with van der Waals surface area (Å²) in [5, 5.41) is 5.63. The SMILES string of the molecule is CCC(C)NC(=O)COc1ccccc1C(=O)Nc1ccccc1. The minimum Gasteiger partial charge on any atom is -0.483 e. The van der Waals surface area contributed by atoms with E-state index in [1.165, 1.54) is 0 Å². The van der Waals surface area contributed by atoms with Gasteiger partial charge in [0.2, 0.25) is 0 Å². The number of rotatable bonds is 7. The van der Waals surface area contributed by atoms with Gasteiger partial charge in [-0.25, -0.2) is 0 Å². The zero-order valence-corrected chi connectivity index (χ0v) is 13.9. The van der Waals surface area contributed by atoms with Crippen LogP contribution in [0.1, 0.15) is 30.6 Å². The predicted molar refractivity (Wildman–Crippen MR) is 94.2 cm³/mol. The minimum absolute atomic E-state index is 0.0951. The van der Waals surface area contributed by atoms with Gasteiger partial charge in [-0.15, -0.1) is 0 Å². The topological polar surface area (TPSA) is 67.4 Å². The van der Waals surface area contributed by atoms with Gasteiger partial charge < -0.3 is 15.4 Å². The van der Waals surface area contributed by atoms with Gasteiger partial charge in [-0.3, -0.25) is 9.59 Å². The molecule has 0 fully saturated rings. The van der Waals surface area contributed by atoms with Crippen molar-refractivity contribution in [1.82, 2.24) is 5.32 Å². The normalized spacial score (nSPS) is 11.4. The molecule has 5 nitrogen and oxygen atoms in total. The van der Waals surface area contributed by atoms with E-state index in [1.54, 1.807) is 36.4 Å². The molecule has 0 heterocycles. The Morgan fingerprint density at radius 3 is 2.42 bits per heavy atom. The number of ether oxygens (including phenoxy) is 1. The van der Waals surface area contributed by atoms with Crippen LogP contribution < -0.4 is 15.4 Å². The van der Waals surface area contributed by atoms with E-state index in [0.29, 0.717) is 17.0 Å². The van der Waals surface area contributed by atoms with Crippen LogP contribution in [0.5, 0.6) is 5.75 Å². The van der Waals surface area contributed by atoms with E-state index < -0.39 is 0 Å². The largest absolute Gasteiger partial charge is 0.483 e. The lowest BCUT2D eigenvalue weighted by atomic mass is 10.2. The number of benzene rings is 2. The highest BCUT2D eigenvalue weighted by molar-refractivity contribution is 6.06. The van der Waals surface area contributed by atoms with Crippen molar-refractivity contribution in [3.63, 3.8) is 0 Å². The lowest BCUT2D eigenvalue weighted by Gasteiger charge is -2.14. The van der Waals surface area contributed by atoms with Gasteiger partial charge in [-0.2, -0.15) is 0 Å². The Hall–Kier alpha value is -2.82. The van der Waals surface area contributed by atoms with E-state index in [2.05, 4.69) is 10.6 Å². The first-order valence-electron chi connectivity index (χ1n) is 7.97. The number of amides is 2. The Labute approximate surface area is 142 Å². The summed E-state index contributed by atoms with van der Waals surface area (Å²) in [7, 11) is 0. The molecule has 5 heteroatoms. The average Bonchev–Trinajstić information content (AvgIpc) is 2.61. The maximum absolute atomic E-state index is 12.4. The van der Waals surface area contributed by atoms with Crippen LogP contribution in [-0.2, 0) is 4.79 Å². The van der Waals surface area contributed by atoms with Crippen molar-refractivity contribution in [2.75, 3.05) is 11.9 Å². The number of carbonyl (C=O) groups is 2. The Morgan fingerprint density at radius 2 is 1.71 bits per heavy atom.